The minimum atomic E-state index is 0.0346. The number of hydrogen-bond donors (Lipinski definition) is 1. The van der Waals surface area contributed by atoms with Crippen molar-refractivity contribution in [1.29, 1.82) is 0 Å². The lowest BCUT2D eigenvalue weighted by atomic mass is 10.0. The van der Waals surface area contributed by atoms with Gasteiger partial charge in [0, 0.05) is 17.8 Å². The summed E-state index contributed by atoms with van der Waals surface area (Å²) in [6.07, 6.45) is 5.84. The van der Waals surface area contributed by atoms with Crippen LogP contribution < -0.4 is 5.73 Å². The molecule has 1 aromatic carbocycles. The molecule has 4 heteroatoms. The van der Waals surface area contributed by atoms with Crippen LogP contribution in [-0.2, 0) is 6.42 Å². The Morgan fingerprint density at radius 1 is 1.20 bits per heavy atom. The van der Waals surface area contributed by atoms with Crippen molar-refractivity contribution in [1.82, 2.24) is 9.78 Å². The van der Waals surface area contributed by atoms with Crippen LogP contribution >= 0.6 is 11.3 Å². The second-order valence-electron chi connectivity index (χ2n) is 4.83. The molecule has 1 atom stereocenters. The Bertz CT molecular complexity index is 643. The number of nitrogens with zero attached hydrogens (tertiary/aromatic N) is 2. The number of hydrogen-bond acceptors (Lipinski definition) is 3. The molecule has 2 N–H and O–H groups in total. The first kappa shape index (κ1) is 13.1. The SMILES string of the molecule is NC(CCc1ccsc1)c1cnn(-c2ccccc2)c1. The highest BCUT2D eigenvalue weighted by molar-refractivity contribution is 7.07. The lowest BCUT2D eigenvalue weighted by Gasteiger charge is -2.08. The number of thiophene rings is 1. The quantitative estimate of drug-likeness (QED) is 0.778. The summed E-state index contributed by atoms with van der Waals surface area (Å²) in [6, 6.07) is 12.3. The topological polar surface area (TPSA) is 43.8 Å². The number of para-hydroxylation sites is 1. The molecule has 0 amide bonds. The third-order valence-electron chi connectivity index (χ3n) is 3.38. The van der Waals surface area contributed by atoms with E-state index in [2.05, 4.69) is 21.9 Å². The average molecular weight is 283 g/mol. The number of rotatable bonds is 5. The fourth-order valence-electron chi connectivity index (χ4n) is 2.17. The van der Waals surface area contributed by atoms with Crippen molar-refractivity contribution >= 4 is 11.3 Å². The van der Waals surface area contributed by atoms with Gasteiger partial charge in [-0.15, -0.1) is 0 Å². The molecule has 0 aliphatic heterocycles. The Kier molecular flexibility index (Phi) is 3.95. The molecule has 0 aliphatic rings. The summed E-state index contributed by atoms with van der Waals surface area (Å²) in [5, 5.41) is 8.68. The van der Waals surface area contributed by atoms with Crippen molar-refractivity contribution in [2.24, 2.45) is 5.73 Å². The van der Waals surface area contributed by atoms with E-state index in [1.165, 1.54) is 5.56 Å². The standard InChI is InChI=1S/C16H17N3S/c17-16(7-6-13-8-9-20-12-13)14-10-18-19(11-14)15-4-2-1-3-5-15/h1-5,8-12,16H,6-7,17H2. The molecule has 0 fully saturated rings. The molecule has 2 aromatic heterocycles. The van der Waals surface area contributed by atoms with Crippen molar-refractivity contribution in [2.45, 2.75) is 18.9 Å². The van der Waals surface area contributed by atoms with E-state index >= 15 is 0 Å². The van der Waals surface area contributed by atoms with E-state index in [1.807, 2.05) is 47.4 Å². The third-order valence-corrected chi connectivity index (χ3v) is 4.11. The molecule has 3 aromatic rings. The van der Waals surface area contributed by atoms with E-state index in [-0.39, 0.29) is 6.04 Å². The van der Waals surface area contributed by atoms with Crippen molar-refractivity contribution in [3.63, 3.8) is 0 Å². The van der Waals surface area contributed by atoms with Gasteiger partial charge in [0.15, 0.2) is 0 Å². The lowest BCUT2D eigenvalue weighted by molar-refractivity contribution is 0.652. The van der Waals surface area contributed by atoms with Gasteiger partial charge in [0.1, 0.15) is 0 Å². The fourth-order valence-corrected chi connectivity index (χ4v) is 2.88. The zero-order valence-corrected chi connectivity index (χ0v) is 12.0. The summed E-state index contributed by atoms with van der Waals surface area (Å²) in [5.41, 5.74) is 9.76. The van der Waals surface area contributed by atoms with E-state index in [0.717, 1.165) is 24.1 Å². The monoisotopic (exact) mass is 283 g/mol. The molecule has 0 aliphatic carbocycles. The number of aryl methyl sites for hydroxylation is 1. The molecule has 0 radical (unpaired) electrons. The van der Waals surface area contributed by atoms with Gasteiger partial charge in [-0.1, -0.05) is 18.2 Å². The zero-order chi connectivity index (χ0) is 13.8. The van der Waals surface area contributed by atoms with Gasteiger partial charge in [0.2, 0.25) is 0 Å². The molecule has 0 bridgehead atoms. The molecule has 3 nitrogen and oxygen atoms in total. The van der Waals surface area contributed by atoms with Crippen molar-refractivity contribution in [3.8, 4) is 5.69 Å². The number of benzene rings is 1. The summed E-state index contributed by atoms with van der Waals surface area (Å²) in [4.78, 5) is 0. The molecule has 0 spiro atoms. The Morgan fingerprint density at radius 3 is 2.80 bits per heavy atom. The van der Waals surface area contributed by atoms with Crippen LogP contribution in [0.25, 0.3) is 5.69 Å². The minimum Gasteiger partial charge on any atom is -0.324 e. The number of aromatic nitrogens is 2. The average Bonchev–Trinajstić information content (AvgIpc) is 3.17. The maximum absolute atomic E-state index is 6.25. The molecule has 20 heavy (non-hydrogen) atoms. The van der Waals surface area contributed by atoms with E-state index in [1.54, 1.807) is 11.3 Å². The Balaban J connectivity index is 1.67. The van der Waals surface area contributed by atoms with Crippen molar-refractivity contribution < 1.29 is 0 Å². The first-order chi connectivity index (χ1) is 9.83. The van der Waals surface area contributed by atoms with Crippen LogP contribution in [0.4, 0.5) is 0 Å². The van der Waals surface area contributed by atoms with Crippen LogP contribution in [0.3, 0.4) is 0 Å². The Hall–Kier alpha value is -1.91. The maximum atomic E-state index is 6.25. The molecular formula is C16H17N3S. The summed E-state index contributed by atoms with van der Waals surface area (Å²) < 4.78 is 1.87. The highest BCUT2D eigenvalue weighted by Gasteiger charge is 2.09. The molecule has 1 unspecified atom stereocenters. The fraction of sp³-hybridized carbons (Fsp3) is 0.188. The third kappa shape index (κ3) is 2.98. The van der Waals surface area contributed by atoms with Gasteiger partial charge in [0.05, 0.1) is 11.9 Å². The highest BCUT2D eigenvalue weighted by atomic mass is 32.1. The minimum absolute atomic E-state index is 0.0346. The summed E-state index contributed by atoms with van der Waals surface area (Å²) in [5.74, 6) is 0. The largest absolute Gasteiger partial charge is 0.324 e. The second-order valence-corrected chi connectivity index (χ2v) is 5.61. The van der Waals surface area contributed by atoms with Crippen LogP contribution in [0.1, 0.15) is 23.6 Å². The summed E-state index contributed by atoms with van der Waals surface area (Å²) in [6.45, 7) is 0. The predicted octanol–water partition coefficient (Wildman–Crippen LogP) is 3.57. The van der Waals surface area contributed by atoms with E-state index in [9.17, 15) is 0 Å². The molecule has 0 saturated heterocycles. The molecule has 2 heterocycles. The maximum Gasteiger partial charge on any atom is 0.0645 e. The Morgan fingerprint density at radius 2 is 2.05 bits per heavy atom. The Labute approximate surface area is 122 Å². The van der Waals surface area contributed by atoms with Gasteiger partial charge in [-0.3, -0.25) is 0 Å². The molecule has 3 rings (SSSR count). The van der Waals surface area contributed by atoms with E-state index in [4.69, 9.17) is 5.73 Å². The van der Waals surface area contributed by atoms with E-state index < -0.39 is 0 Å². The summed E-state index contributed by atoms with van der Waals surface area (Å²) >= 11 is 1.73. The van der Waals surface area contributed by atoms with Gasteiger partial charge in [-0.2, -0.15) is 16.4 Å². The van der Waals surface area contributed by atoms with Crippen molar-refractivity contribution in [2.75, 3.05) is 0 Å². The van der Waals surface area contributed by atoms with Crippen LogP contribution in [-0.4, -0.2) is 9.78 Å². The lowest BCUT2D eigenvalue weighted by Crippen LogP contribution is -2.10. The predicted molar refractivity (Wildman–Crippen MR) is 83.1 cm³/mol. The second kappa shape index (κ2) is 6.03. The van der Waals surface area contributed by atoms with Gasteiger partial charge in [0.25, 0.3) is 0 Å². The molecule has 0 saturated carbocycles. The molecular weight excluding hydrogens is 266 g/mol. The smallest absolute Gasteiger partial charge is 0.0645 e. The first-order valence-corrected chi connectivity index (χ1v) is 7.64. The normalized spacial score (nSPS) is 12.4. The van der Waals surface area contributed by atoms with Crippen LogP contribution in [0.15, 0.2) is 59.6 Å². The highest BCUT2D eigenvalue weighted by Crippen LogP contribution is 2.18. The summed E-state index contributed by atoms with van der Waals surface area (Å²) in [7, 11) is 0. The molecule has 102 valence electrons. The van der Waals surface area contributed by atoms with Gasteiger partial charge < -0.3 is 5.73 Å². The van der Waals surface area contributed by atoms with Crippen LogP contribution in [0, 0.1) is 0 Å². The van der Waals surface area contributed by atoms with Gasteiger partial charge >= 0.3 is 0 Å². The van der Waals surface area contributed by atoms with Crippen LogP contribution in [0.5, 0.6) is 0 Å². The zero-order valence-electron chi connectivity index (χ0n) is 11.1. The van der Waals surface area contributed by atoms with Gasteiger partial charge in [-0.05, 0) is 47.4 Å². The first-order valence-electron chi connectivity index (χ1n) is 6.69. The number of nitrogens with two attached hydrogens (primary N) is 1. The van der Waals surface area contributed by atoms with Crippen LogP contribution in [0.2, 0.25) is 0 Å². The van der Waals surface area contributed by atoms with E-state index in [0.29, 0.717) is 0 Å². The van der Waals surface area contributed by atoms with Crippen molar-refractivity contribution in [3.05, 3.63) is 70.7 Å². The van der Waals surface area contributed by atoms with Gasteiger partial charge in [-0.25, -0.2) is 4.68 Å².